The van der Waals surface area contributed by atoms with E-state index in [-0.39, 0.29) is 29.5 Å². The third kappa shape index (κ3) is 2.10. The third-order valence-corrected chi connectivity index (χ3v) is 5.23. The Morgan fingerprint density at radius 1 is 1.00 bits per heavy atom. The van der Waals surface area contributed by atoms with Crippen molar-refractivity contribution in [2.75, 3.05) is 0 Å². The van der Waals surface area contributed by atoms with Crippen LogP contribution in [0.5, 0.6) is 11.8 Å². The summed E-state index contributed by atoms with van der Waals surface area (Å²) in [5, 5.41) is 28.3. The lowest BCUT2D eigenvalue weighted by Gasteiger charge is -2.05. The number of aromatic amines is 1. The SMILES string of the molecule is Oc1c2c(c(O)n1-c1n[nH]c(CCc3ccccc3)n1)C1C=CC2C1. The molecule has 2 aromatic heterocycles. The van der Waals surface area contributed by atoms with Crippen molar-refractivity contribution in [3.05, 3.63) is 65.0 Å². The second-order valence-corrected chi connectivity index (χ2v) is 6.71. The Morgan fingerprint density at radius 3 is 2.36 bits per heavy atom. The minimum absolute atomic E-state index is 0.0537. The molecule has 0 saturated carbocycles. The number of allylic oxidation sites excluding steroid dienone is 2. The molecular formula is C19H18N4O2. The van der Waals surface area contributed by atoms with E-state index in [9.17, 15) is 10.2 Å². The van der Waals surface area contributed by atoms with E-state index in [1.54, 1.807) is 0 Å². The summed E-state index contributed by atoms with van der Waals surface area (Å²) in [6.45, 7) is 0. The highest BCUT2D eigenvalue weighted by atomic mass is 16.3. The fourth-order valence-electron chi connectivity index (χ4n) is 4.03. The molecule has 6 nitrogen and oxygen atoms in total. The lowest BCUT2D eigenvalue weighted by atomic mass is 10.0. The third-order valence-electron chi connectivity index (χ3n) is 5.23. The normalized spacial score (nSPS) is 20.3. The number of aromatic hydroxyl groups is 2. The molecule has 2 atom stereocenters. The number of nitrogens with one attached hydrogen (secondary N) is 1. The van der Waals surface area contributed by atoms with Crippen molar-refractivity contribution in [1.29, 1.82) is 0 Å². The van der Waals surface area contributed by atoms with Crippen LogP contribution in [0.3, 0.4) is 0 Å². The van der Waals surface area contributed by atoms with E-state index in [0.29, 0.717) is 6.42 Å². The summed E-state index contributed by atoms with van der Waals surface area (Å²) in [4.78, 5) is 4.46. The van der Waals surface area contributed by atoms with Crippen LogP contribution in [0, 0.1) is 0 Å². The first kappa shape index (κ1) is 14.3. The zero-order valence-electron chi connectivity index (χ0n) is 13.6. The molecule has 2 unspecified atom stereocenters. The highest BCUT2D eigenvalue weighted by molar-refractivity contribution is 5.60. The largest absolute Gasteiger partial charge is 0.494 e. The predicted octanol–water partition coefficient (Wildman–Crippen LogP) is 2.93. The molecule has 0 aliphatic heterocycles. The van der Waals surface area contributed by atoms with Crippen molar-refractivity contribution >= 4 is 0 Å². The van der Waals surface area contributed by atoms with Crippen LogP contribution in [-0.4, -0.2) is 30.0 Å². The van der Waals surface area contributed by atoms with E-state index >= 15 is 0 Å². The molecule has 0 saturated heterocycles. The molecule has 5 rings (SSSR count). The summed E-state index contributed by atoms with van der Waals surface area (Å²) in [6.07, 6.45) is 6.69. The molecule has 0 fully saturated rings. The number of aromatic nitrogens is 4. The Hall–Kier alpha value is -3.02. The highest BCUT2D eigenvalue weighted by Crippen LogP contribution is 2.56. The van der Waals surface area contributed by atoms with Gasteiger partial charge in [0.05, 0.1) is 0 Å². The molecule has 0 amide bonds. The van der Waals surface area contributed by atoms with Crippen molar-refractivity contribution in [1.82, 2.24) is 19.7 Å². The zero-order chi connectivity index (χ0) is 17.0. The fraction of sp³-hybridized carbons (Fsp3) is 0.263. The van der Waals surface area contributed by atoms with Crippen molar-refractivity contribution in [2.24, 2.45) is 0 Å². The number of rotatable bonds is 4. The van der Waals surface area contributed by atoms with E-state index in [0.717, 1.165) is 29.8 Å². The summed E-state index contributed by atoms with van der Waals surface area (Å²) in [5.74, 6) is 1.49. The van der Waals surface area contributed by atoms with Crippen LogP contribution in [0.25, 0.3) is 5.95 Å². The Bertz CT molecular complexity index is 935. The standard InChI is InChI=1S/C19H18N4O2/c24-17-15-12-7-8-13(10-12)16(15)18(25)23(17)19-20-14(21-22-19)9-6-11-4-2-1-3-5-11/h1-5,7-8,12-13,24-25H,6,9-10H2,(H,20,21,22). The van der Waals surface area contributed by atoms with Crippen molar-refractivity contribution < 1.29 is 10.2 Å². The summed E-state index contributed by atoms with van der Waals surface area (Å²) >= 11 is 0. The van der Waals surface area contributed by atoms with Gasteiger partial charge in [-0.05, 0) is 18.4 Å². The van der Waals surface area contributed by atoms with Crippen LogP contribution < -0.4 is 0 Å². The monoisotopic (exact) mass is 334 g/mol. The molecule has 3 N–H and O–H groups in total. The lowest BCUT2D eigenvalue weighted by Crippen LogP contribution is -1.98. The maximum atomic E-state index is 10.6. The number of hydrogen-bond donors (Lipinski definition) is 3. The first-order chi connectivity index (χ1) is 12.2. The first-order valence-corrected chi connectivity index (χ1v) is 8.52. The summed E-state index contributed by atoms with van der Waals surface area (Å²) in [7, 11) is 0. The van der Waals surface area contributed by atoms with Crippen LogP contribution in [0.15, 0.2) is 42.5 Å². The molecule has 3 aromatic rings. The molecule has 1 aromatic carbocycles. The van der Waals surface area contributed by atoms with Gasteiger partial charge >= 0.3 is 0 Å². The molecule has 2 bridgehead atoms. The summed E-state index contributed by atoms with van der Waals surface area (Å²) in [6, 6.07) is 10.2. The van der Waals surface area contributed by atoms with Crippen LogP contribution in [0.1, 0.15) is 40.8 Å². The first-order valence-electron chi connectivity index (χ1n) is 8.52. The topological polar surface area (TPSA) is 87.0 Å². The smallest absolute Gasteiger partial charge is 0.258 e. The zero-order valence-corrected chi connectivity index (χ0v) is 13.6. The maximum Gasteiger partial charge on any atom is 0.258 e. The number of aryl methyl sites for hydroxylation is 2. The van der Waals surface area contributed by atoms with Gasteiger partial charge in [0.25, 0.3) is 5.95 Å². The Balaban J connectivity index is 1.43. The predicted molar refractivity (Wildman–Crippen MR) is 92.1 cm³/mol. The number of nitrogens with zero attached hydrogens (tertiary/aromatic N) is 3. The van der Waals surface area contributed by atoms with Gasteiger partial charge in [-0.25, -0.2) is 4.57 Å². The van der Waals surface area contributed by atoms with Crippen molar-refractivity contribution in [2.45, 2.75) is 31.1 Å². The summed E-state index contributed by atoms with van der Waals surface area (Å²) < 4.78 is 1.35. The van der Waals surface area contributed by atoms with Crippen LogP contribution in [0.2, 0.25) is 0 Å². The molecule has 2 aliphatic rings. The van der Waals surface area contributed by atoms with Crippen LogP contribution in [0.4, 0.5) is 0 Å². The molecular weight excluding hydrogens is 316 g/mol. The molecule has 0 spiro atoms. The van der Waals surface area contributed by atoms with Gasteiger partial charge in [-0.3, -0.25) is 5.10 Å². The molecule has 2 aliphatic carbocycles. The van der Waals surface area contributed by atoms with Crippen LogP contribution in [-0.2, 0) is 12.8 Å². The quantitative estimate of drug-likeness (QED) is 0.640. The highest BCUT2D eigenvalue weighted by Gasteiger charge is 2.41. The van der Waals surface area contributed by atoms with Gasteiger partial charge in [0.2, 0.25) is 11.8 Å². The molecule has 0 radical (unpaired) electrons. The van der Waals surface area contributed by atoms with Gasteiger partial charge < -0.3 is 10.2 Å². The Kier molecular flexibility index (Phi) is 3.00. The lowest BCUT2D eigenvalue weighted by molar-refractivity contribution is 0.392. The minimum Gasteiger partial charge on any atom is -0.494 e. The van der Waals surface area contributed by atoms with Gasteiger partial charge in [0, 0.05) is 29.4 Å². The molecule has 2 heterocycles. The fourth-order valence-corrected chi connectivity index (χ4v) is 4.03. The van der Waals surface area contributed by atoms with E-state index in [2.05, 4.69) is 39.5 Å². The van der Waals surface area contributed by atoms with Gasteiger partial charge in [-0.1, -0.05) is 42.5 Å². The van der Waals surface area contributed by atoms with E-state index in [1.807, 2.05) is 18.2 Å². The van der Waals surface area contributed by atoms with Crippen molar-refractivity contribution in [3.8, 4) is 17.7 Å². The van der Waals surface area contributed by atoms with Gasteiger partial charge in [0.1, 0.15) is 5.82 Å². The number of H-pyrrole nitrogens is 1. The van der Waals surface area contributed by atoms with E-state index in [4.69, 9.17) is 0 Å². The second-order valence-electron chi connectivity index (χ2n) is 6.71. The molecule has 126 valence electrons. The number of benzene rings is 1. The average Bonchev–Trinajstić information content (AvgIpc) is 3.39. The molecule has 25 heavy (non-hydrogen) atoms. The van der Waals surface area contributed by atoms with Crippen molar-refractivity contribution in [3.63, 3.8) is 0 Å². The average molecular weight is 334 g/mol. The van der Waals surface area contributed by atoms with Gasteiger partial charge in [0.15, 0.2) is 0 Å². The van der Waals surface area contributed by atoms with E-state index < -0.39 is 0 Å². The van der Waals surface area contributed by atoms with Gasteiger partial charge in [-0.15, -0.1) is 5.10 Å². The minimum atomic E-state index is 0.0537. The maximum absolute atomic E-state index is 10.6. The summed E-state index contributed by atoms with van der Waals surface area (Å²) in [5.41, 5.74) is 2.87. The number of fused-ring (bicyclic) bond motifs is 5. The number of hydrogen-bond acceptors (Lipinski definition) is 4. The Labute approximate surface area is 144 Å². The Morgan fingerprint density at radius 2 is 1.68 bits per heavy atom. The van der Waals surface area contributed by atoms with Gasteiger partial charge in [-0.2, -0.15) is 4.98 Å². The van der Waals surface area contributed by atoms with E-state index in [1.165, 1.54) is 10.1 Å². The molecule has 6 heteroatoms. The second kappa shape index (κ2) is 5.24. The van der Waals surface area contributed by atoms with Crippen LogP contribution >= 0.6 is 0 Å².